The molecule has 1 aliphatic heterocycles. The number of hydrogen-bond donors (Lipinski definition) is 2. The highest BCUT2D eigenvalue weighted by molar-refractivity contribution is 7.89. The maximum Gasteiger partial charge on any atom is 0.409 e. The molecule has 3 aromatic rings. The van der Waals surface area contributed by atoms with E-state index in [-0.39, 0.29) is 49.4 Å². The van der Waals surface area contributed by atoms with E-state index in [0.29, 0.717) is 0 Å². The molecule has 3 N–H and O–H groups in total. The van der Waals surface area contributed by atoms with E-state index in [1.54, 1.807) is 0 Å². The van der Waals surface area contributed by atoms with Crippen molar-refractivity contribution in [3.05, 3.63) is 76.8 Å². The third kappa shape index (κ3) is 4.09. The van der Waals surface area contributed by atoms with E-state index in [4.69, 9.17) is 22.1 Å². The summed E-state index contributed by atoms with van der Waals surface area (Å²) in [7, 11) is -4.09. The van der Waals surface area contributed by atoms with Crippen molar-refractivity contribution < 1.29 is 23.1 Å². The molecule has 0 atom stereocenters. The molecule has 0 spiro atoms. The van der Waals surface area contributed by atoms with Crippen molar-refractivity contribution in [3.8, 4) is 16.9 Å². The SMILES string of the molecule is Nc1ccc(Cl)c(S(=O)(=O)N2CCN(C(=O)OCC3c4ccccc4-c4ccccc43)CC2)c1O. The van der Waals surface area contributed by atoms with Crippen molar-refractivity contribution >= 4 is 33.4 Å². The molecule has 1 aliphatic carbocycles. The molecular weight excluding hydrogens is 490 g/mol. The molecule has 2 aliphatic rings. The van der Waals surface area contributed by atoms with Crippen molar-refractivity contribution in [2.24, 2.45) is 0 Å². The van der Waals surface area contributed by atoms with Gasteiger partial charge in [-0.3, -0.25) is 0 Å². The topological polar surface area (TPSA) is 113 Å². The highest BCUT2D eigenvalue weighted by atomic mass is 35.5. The Labute approximate surface area is 208 Å². The molecule has 5 rings (SSSR count). The predicted octanol–water partition coefficient (Wildman–Crippen LogP) is 3.88. The second kappa shape index (κ2) is 9.07. The van der Waals surface area contributed by atoms with Crippen LogP contribution in [0.3, 0.4) is 0 Å². The maximum absolute atomic E-state index is 13.1. The molecule has 0 radical (unpaired) electrons. The van der Waals surface area contributed by atoms with Gasteiger partial charge in [0.25, 0.3) is 0 Å². The summed E-state index contributed by atoms with van der Waals surface area (Å²) in [6, 6.07) is 18.8. The van der Waals surface area contributed by atoms with E-state index < -0.39 is 26.8 Å². The summed E-state index contributed by atoms with van der Waals surface area (Å²) in [5.74, 6) is -0.627. The normalized spacial score (nSPS) is 16.1. The zero-order valence-electron chi connectivity index (χ0n) is 18.7. The first kappa shape index (κ1) is 23.5. The second-order valence-electron chi connectivity index (χ2n) is 8.51. The van der Waals surface area contributed by atoms with Crippen LogP contribution in [0.5, 0.6) is 5.75 Å². The number of nitrogens with two attached hydrogens (primary N) is 1. The average molecular weight is 514 g/mol. The largest absolute Gasteiger partial charge is 0.504 e. The van der Waals surface area contributed by atoms with Gasteiger partial charge in [-0.25, -0.2) is 13.2 Å². The number of nitrogen functional groups attached to an aromatic ring is 1. The highest BCUT2D eigenvalue weighted by Crippen LogP contribution is 2.44. The Morgan fingerprint density at radius 3 is 2.14 bits per heavy atom. The number of sulfonamides is 1. The summed E-state index contributed by atoms with van der Waals surface area (Å²) in [4.78, 5) is 13.9. The summed E-state index contributed by atoms with van der Waals surface area (Å²) in [6.07, 6.45) is -0.492. The number of aromatic hydroxyl groups is 1. The number of amides is 1. The molecular formula is C25H24ClN3O5S. The number of ether oxygens (including phenoxy) is 1. The first-order valence-corrected chi connectivity index (χ1v) is 13.0. The van der Waals surface area contributed by atoms with Gasteiger partial charge in [0.15, 0.2) is 5.75 Å². The molecule has 10 heteroatoms. The lowest BCUT2D eigenvalue weighted by Gasteiger charge is -2.33. The number of carbonyl (C=O) groups excluding carboxylic acids is 1. The molecule has 35 heavy (non-hydrogen) atoms. The van der Waals surface area contributed by atoms with Crippen molar-refractivity contribution in [2.45, 2.75) is 10.8 Å². The zero-order valence-corrected chi connectivity index (χ0v) is 20.3. The molecule has 0 unspecified atom stereocenters. The van der Waals surface area contributed by atoms with E-state index in [0.717, 1.165) is 22.3 Å². The van der Waals surface area contributed by atoms with Crippen molar-refractivity contribution in [1.29, 1.82) is 0 Å². The van der Waals surface area contributed by atoms with Crippen molar-refractivity contribution in [2.75, 3.05) is 38.5 Å². The van der Waals surface area contributed by atoms with Crippen LogP contribution < -0.4 is 5.73 Å². The number of nitrogens with zero attached hydrogens (tertiary/aromatic N) is 2. The number of halogens is 1. The first-order chi connectivity index (χ1) is 16.8. The van der Waals surface area contributed by atoms with Crippen LogP contribution in [0.2, 0.25) is 5.02 Å². The van der Waals surface area contributed by atoms with Crippen LogP contribution in [0.1, 0.15) is 17.0 Å². The Morgan fingerprint density at radius 2 is 1.54 bits per heavy atom. The number of carbonyl (C=O) groups is 1. The molecule has 1 amide bonds. The zero-order chi connectivity index (χ0) is 24.7. The molecule has 1 fully saturated rings. The van der Waals surface area contributed by atoms with E-state index in [9.17, 15) is 18.3 Å². The minimum absolute atomic E-state index is 0.0388. The second-order valence-corrected chi connectivity index (χ2v) is 10.8. The Bertz CT molecular complexity index is 1360. The standard InChI is InChI=1S/C25H24ClN3O5S/c26-21-9-10-22(27)23(30)24(21)35(32,33)29-13-11-28(12-14-29)25(31)34-15-20-18-7-3-1-5-16(18)17-6-2-4-8-19(17)20/h1-10,20,30H,11-15,27H2. The molecule has 8 nitrogen and oxygen atoms in total. The molecule has 1 heterocycles. The van der Waals surface area contributed by atoms with E-state index in [1.807, 2.05) is 36.4 Å². The van der Waals surface area contributed by atoms with Gasteiger partial charge in [0, 0.05) is 32.1 Å². The van der Waals surface area contributed by atoms with Crippen LogP contribution in [0.15, 0.2) is 65.6 Å². The van der Waals surface area contributed by atoms with E-state index in [1.165, 1.54) is 21.3 Å². The first-order valence-electron chi connectivity index (χ1n) is 11.2. The molecule has 182 valence electrons. The van der Waals surface area contributed by atoms with Crippen LogP contribution in [0.25, 0.3) is 11.1 Å². The summed E-state index contributed by atoms with van der Waals surface area (Å²) < 4.78 is 33.0. The maximum atomic E-state index is 13.1. The number of piperazine rings is 1. The smallest absolute Gasteiger partial charge is 0.409 e. The summed E-state index contributed by atoms with van der Waals surface area (Å²) >= 11 is 6.05. The molecule has 0 saturated carbocycles. The number of benzene rings is 3. The van der Waals surface area contributed by atoms with Gasteiger partial charge >= 0.3 is 6.09 Å². The molecule has 1 saturated heterocycles. The minimum Gasteiger partial charge on any atom is -0.504 e. The number of anilines is 1. The van der Waals surface area contributed by atoms with Crippen LogP contribution in [-0.4, -0.2) is 61.6 Å². The lowest BCUT2D eigenvalue weighted by molar-refractivity contribution is 0.0870. The highest BCUT2D eigenvalue weighted by Gasteiger charge is 2.35. The molecule has 0 bridgehead atoms. The predicted molar refractivity (Wildman–Crippen MR) is 133 cm³/mol. The lowest BCUT2D eigenvalue weighted by atomic mass is 9.98. The Balaban J connectivity index is 1.24. The summed E-state index contributed by atoms with van der Waals surface area (Å²) in [5.41, 5.74) is 10.1. The van der Waals surface area contributed by atoms with E-state index >= 15 is 0 Å². The van der Waals surface area contributed by atoms with E-state index in [2.05, 4.69) is 12.1 Å². The lowest BCUT2D eigenvalue weighted by Crippen LogP contribution is -2.50. The number of fused-ring (bicyclic) bond motifs is 3. The van der Waals surface area contributed by atoms with Crippen LogP contribution in [0, 0.1) is 0 Å². The molecule has 0 aromatic heterocycles. The van der Waals surface area contributed by atoms with Gasteiger partial charge in [0.05, 0.1) is 10.7 Å². The van der Waals surface area contributed by atoms with Gasteiger partial charge in [-0.05, 0) is 34.4 Å². The number of phenols is 1. The average Bonchev–Trinajstić information content (AvgIpc) is 3.19. The third-order valence-electron chi connectivity index (χ3n) is 6.55. The van der Waals surface area contributed by atoms with Gasteiger partial charge in [-0.15, -0.1) is 0 Å². The number of phenolic OH excluding ortho intramolecular Hbond substituents is 1. The summed E-state index contributed by atoms with van der Waals surface area (Å²) in [5, 5.41) is 10.1. The van der Waals surface area contributed by atoms with Gasteiger partial charge in [0.1, 0.15) is 11.5 Å². The van der Waals surface area contributed by atoms with Gasteiger partial charge < -0.3 is 20.5 Å². The van der Waals surface area contributed by atoms with Crippen molar-refractivity contribution in [3.63, 3.8) is 0 Å². The van der Waals surface area contributed by atoms with Gasteiger partial charge in [-0.1, -0.05) is 60.1 Å². The fourth-order valence-corrected chi connectivity index (χ4v) is 6.76. The number of rotatable bonds is 4. The van der Waals surface area contributed by atoms with Crippen LogP contribution >= 0.6 is 11.6 Å². The molecule has 3 aromatic carbocycles. The summed E-state index contributed by atoms with van der Waals surface area (Å²) in [6.45, 7) is 0.569. The van der Waals surface area contributed by atoms with Crippen LogP contribution in [-0.2, 0) is 14.8 Å². The van der Waals surface area contributed by atoms with Crippen molar-refractivity contribution in [1.82, 2.24) is 9.21 Å². The Morgan fingerprint density at radius 1 is 0.971 bits per heavy atom. The van der Waals surface area contributed by atoms with Gasteiger partial charge in [-0.2, -0.15) is 4.31 Å². The fourth-order valence-electron chi connectivity index (χ4n) is 4.73. The number of hydrogen-bond acceptors (Lipinski definition) is 6. The third-order valence-corrected chi connectivity index (χ3v) is 8.95. The quantitative estimate of drug-likeness (QED) is 0.404. The van der Waals surface area contributed by atoms with Crippen LogP contribution in [0.4, 0.5) is 10.5 Å². The fraction of sp³-hybridized carbons (Fsp3) is 0.240. The Kier molecular flexibility index (Phi) is 6.08. The minimum atomic E-state index is -4.09. The van der Waals surface area contributed by atoms with Gasteiger partial charge in [0.2, 0.25) is 10.0 Å². The monoisotopic (exact) mass is 513 g/mol. The Hall–Kier alpha value is -3.27.